The van der Waals surface area contributed by atoms with Gasteiger partial charge in [-0.3, -0.25) is 4.79 Å². The molecule has 0 aliphatic rings. The maximum absolute atomic E-state index is 14.2. The van der Waals surface area contributed by atoms with E-state index in [1.807, 2.05) is 0 Å². The Morgan fingerprint density at radius 1 is 0.707 bits per heavy atom. The van der Waals surface area contributed by atoms with Gasteiger partial charge >= 0.3 is 24.5 Å². The molecule has 0 saturated heterocycles. The van der Waals surface area contributed by atoms with E-state index in [0.717, 1.165) is 24.1 Å². The summed E-state index contributed by atoms with van der Waals surface area (Å²) in [5, 5.41) is 9.86. The molecule has 13 heteroatoms. The van der Waals surface area contributed by atoms with Gasteiger partial charge in [-0.25, -0.2) is 4.39 Å². The highest BCUT2D eigenvalue weighted by Crippen LogP contribution is 2.41. The molecule has 3 aromatic rings. The number of hydrogen-bond donors (Lipinski definition) is 1. The highest BCUT2D eigenvalue weighted by Gasteiger charge is 2.37. The minimum absolute atomic E-state index is 0.00592. The van der Waals surface area contributed by atoms with Gasteiger partial charge in [0.2, 0.25) is 0 Å². The van der Waals surface area contributed by atoms with Crippen molar-refractivity contribution >= 4 is 17.3 Å². The van der Waals surface area contributed by atoms with E-state index in [2.05, 4.69) is 0 Å². The van der Waals surface area contributed by atoms with Gasteiger partial charge in [0.05, 0.1) is 22.6 Å². The van der Waals surface area contributed by atoms with Gasteiger partial charge in [-0.15, -0.1) is 0 Å². The Labute approximate surface area is 228 Å². The topological polar surface area (TPSA) is 40.5 Å². The van der Waals surface area contributed by atoms with Crippen molar-refractivity contribution in [2.45, 2.75) is 44.7 Å². The summed E-state index contributed by atoms with van der Waals surface area (Å²) in [5.41, 5.74) is -5.74. The number of aliphatic carboxylic acids is 1. The second kappa shape index (κ2) is 11.2. The summed E-state index contributed by atoms with van der Waals surface area (Å²) in [6.45, 7) is 3.41. The van der Waals surface area contributed by atoms with Crippen LogP contribution in [-0.2, 0) is 23.3 Å². The predicted molar refractivity (Wildman–Crippen MR) is 131 cm³/mol. The largest absolute Gasteiger partial charge is 0.481 e. The minimum atomic E-state index is -5.15. The molecule has 3 rings (SSSR count). The monoisotopic (exact) mass is 595 g/mol. The summed E-state index contributed by atoms with van der Waals surface area (Å²) in [4.78, 5) is 13.0. The van der Waals surface area contributed by atoms with Crippen LogP contribution in [0, 0.1) is 11.7 Å². The normalized spacial score (nSPS) is 13.4. The zero-order valence-electron chi connectivity index (χ0n) is 21.6. The van der Waals surface area contributed by atoms with Crippen LogP contribution in [0.25, 0.3) is 11.1 Å². The lowest BCUT2D eigenvalue weighted by atomic mass is 9.88. The molecule has 0 heterocycles. The number of benzene rings is 3. The highest BCUT2D eigenvalue weighted by molar-refractivity contribution is 5.80. The van der Waals surface area contributed by atoms with E-state index in [1.54, 1.807) is 13.8 Å². The van der Waals surface area contributed by atoms with E-state index in [4.69, 9.17) is 0 Å². The van der Waals surface area contributed by atoms with Crippen LogP contribution in [-0.4, -0.2) is 18.1 Å². The first-order valence-corrected chi connectivity index (χ1v) is 12.0. The first kappa shape index (κ1) is 31.8. The van der Waals surface area contributed by atoms with Crippen LogP contribution < -0.4 is 4.90 Å². The fourth-order valence-corrected chi connectivity index (χ4v) is 4.25. The number of rotatable bonds is 7. The Bertz CT molecular complexity index is 1390. The number of nitrogens with zero attached hydrogens (tertiary/aromatic N) is 1. The van der Waals surface area contributed by atoms with Crippen LogP contribution in [0.4, 0.5) is 55.3 Å². The van der Waals surface area contributed by atoms with E-state index < -0.39 is 58.6 Å². The van der Waals surface area contributed by atoms with Gasteiger partial charge in [0.15, 0.2) is 0 Å². The first-order chi connectivity index (χ1) is 18.7. The summed E-state index contributed by atoms with van der Waals surface area (Å²) < 4.78 is 135. The Balaban J connectivity index is 2.31. The van der Waals surface area contributed by atoms with Crippen molar-refractivity contribution in [1.82, 2.24) is 0 Å². The molecule has 222 valence electrons. The molecule has 3 nitrogen and oxygen atoms in total. The second-order valence-corrected chi connectivity index (χ2v) is 9.88. The highest BCUT2D eigenvalue weighted by atomic mass is 19.4. The number of carboxylic acids is 1. The van der Waals surface area contributed by atoms with Crippen molar-refractivity contribution in [2.75, 3.05) is 11.9 Å². The number of carbonyl (C=O) groups is 1. The van der Waals surface area contributed by atoms with Crippen LogP contribution in [0.15, 0.2) is 54.6 Å². The average Bonchev–Trinajstić information content (AvgIpc) is 2.84. The molecular weight excluding hydrogens is 572 g/mol. The third-order valence-corrected chi connectivity index (χ3v) is 6.25. The van der Waals surface area contributed by atoms with Gasteiger partial charge in [0.1, 0.15) is 5.82 Å². The van der Waals surface area contributed by atoms with Crippen molar-refractivity contribution < 1.29 is 53.8 Å². The van der Waals surface area contributed by atoms with Crippen LogP contribution in [0.1, 0.15) is 48.4 Å². The molecule has 41 heavy (non-hydrogen) atoms. The summed E-state index contributed by atoms with van der Waals surface area (Å²) >= 11 is 0. The Hall–Kier alpha value is -3.77. The standard InChI is InChI=1S/C28H23F10NO2/c1-14(2)4-24(25(40)41)17-5-15(16-6-18(26(30,31)32)11-21(29)7-16)8-22(9-17)39(3)23-12-19(27(33,34)35)10-20(13-23)28(36,37)38/h5-14,24H,4H2,1-3H3,(H,40,41). The molecular formula is C28H23F10NO2. The maximum atomic E-state index is 14.2. The number of hydrogen-bond acceptors (Lipinski definition) is 2. The van der Waals surface area contributed by atoms with Gasteiger partial charge in [-0.1, -0.05) is 19.9 Å². The quantitative estimate of drug-likeness (QED) is 0.277. The van der Waals surface area contributed by atoms with E-state index in [-0.39, 0.29) is 46.8 Å². The van der Waals surface area contributed by atoms with Crippen LogP contribution >= 0.6 is 0 Å². The number of carboxylic acid groups (broad SMARTS) is 1. The summed E-state index contributed by atoms with van der Waals surface area (Å²) in [6, 6.07) is 6.00. The molecule has 0 saturated carbocycles. The van der Waals surface area contributed by atoms with Crippen molar-refractivity contribution in [1.29, 1.82) is 0 Å². The third kappa shape index (κ3) is 7.70. The molecule has 0 spiro atoms. The van der Waals surface area contributed by atoms with Crippen molar-refractivity contribution in [2.24, 2.45) is 5.92 Å². The molecule has 3 aromatic carbocycles. The summed E-state index contributed by atoms with van der Waals surface area (Å²) in [7, 11) is 1.11. The Morgan fingerprint density at radius 3 is 1.63 bits per heavy atom. The molecule has 0 fully saturated rings. The van der Waals surface area contributed by atoms with Gasteiger partial charge < -0.3 is 10.0 Å². The zero-order chi connectivity index (χ0) is 31.1. The SMILES string of the molecule is CC(C)CC(C(=O)O)c1cc(-c2cc(F)cc(C(F)(F)F)c2)cc(N(C)c2cc(C(F)(F)F)cc(C(F)(F)F)c2)c1. The van der Waals surface area contributed by atoms with E-state index >= 15 is 0 Å². The molecule has 1 atom stereocenters. The fourth-order valence-electron chi connectivity index (χ4n) is 4.25. The smallest absolute Gasteiger partial charge is 0.416 e. The van der Waals surface area contributed by atoms with E-state index in [1.165, 1.54) is 12.1 Å². The molecule has 0 radical (unpaired) electrons. The predicted octanol–water partition coefficient (Wildman–Crippen LogP) is 9.53. The first-order valence-electron chi connectivity index (χ1n) is 12.0. The number of halogens is 10. The average molecular weight is 595 g/mol. The van der Waals surface area contributed by atoms with Crippen molar-refractivity contribution in [3.63, 3.8) is 0 Å². The van der Waals surface area contributed by atoms with Crippen molar-refractivity contribution in [3.05, 3.63) is 82.7 Å². The van der Waals surface area contributed by atoms with Crippen LogP contribution in [0.3, 0.4) is 0 Å². The van der Waals surface area contributed by atoms with Gasteiger partial charge in [-0.2, -0.15) is 39.5 Å². The second-order valence-electron chi connectivity index (χ2n) is 9.88. The molecule has 1 N–H and O–H groups in total. The molecule has 0 aliphatic heterocycles. The molecule has 0 bridgehead atoms. The Kier molecular flexibility index (Phi) is 8.71. The number of anilines is 2. The lowest BCUT2D eigenvalue weighted by molar-refractivity contribution is -0.143. The van der Waals surface area contributed by atoms with Gasteiger partial charge in [-0.05, 0) is 77.6 Å². The number of alkyl halides is 9. The van der Waals surface area contributed by atoms with Gasteiger partial charge in [0, 0.05) is 18.4 Å². The fraction of sp³-hybridized carbons (Fsp3) is 0.321. The Morgan fingerprint density at radius 2 is 1.17 bits per heavy atom. The lowest BCUT2D eigenvalue weighted by Crippen LogP contribution is -2.17. The molecule has 0 amide bonds. The van der Waals surface area contributed by atoms with Gasteiger partial charge in [0.25, 0.3) is 0 Å². The van der Waals surface area contributed by atoms with Crippen LogP contribution in [0.5, 0.6) is 0 Å². The van der Waals surface area contributed by atoms with Crippen LogP contribution in [0.2, 0.25) is 0 Å². The van der Waals surface area contributed by atoms with E-state index in [0.29, 0.717) is 18.2 Å². The van der Waals surface area contributed by atoms with E-state index in [9.17, 15) is 53.8 Å². The minimum Gasteiger partial charge on any atom is -0.481 e. The maximum Gasteiger partial charge on any atom is 0.416 e. The summed E-state index contributed by atoms with van der Waals surface area (Å²) in [5.74, 6) is -4.02. The molecule has 0 aromatic heterocycles. The van der Waals surface area contributed by atoms with Crippen molar-refractivity contribution in [3.8, 4) is 11.1 Å². The molecule has 1 unspecified atom stereocenters. The third-order valence-electron chi connectivity index (χ3n) is 6.25. The zero-order valence-corrected chi connectivity index (χ0v) is 21.6. The lowest BCUT2D eigenvalue weighted by Gasteiger charge is -2.25. The summed E-state index contributed by atoms with van der Waals surface area (Å²) in [6.07, 6.45) is -15.2. The molecule has 0 aliphatic carbocycles.